The van der Waals surface area contributed by atoms with Crippen molar-refractivity contribution >= 4 is 11.9 Å². The zero-order chi connectivity index (χ0) is 12.0. The summed E-state index contributed by atoms with van der Waals surface area (Å²) in [5, 5.41) is 14.9. The lowest BCUT2D eigenvalue weighted by Gasteiger charge is -2.31. The molecule has 0 aliphatic carbocycles. The third-order valence-corrected chi connectivity index (χ3v) is 2.60. The van der Waals surface area contributed by atoms with Gasteiger partial charge in [0.05, 0.1) is 6.61 Å². The van der Waals surface area contributed by atoms with Gasteiger partial charge in [-0.2, -0.15) is 0 Å². The number of hydrogen-bond donors (Lipinski definition) is 3. The minimum atomic E-state index is 0.0732. The van der Waals surface area contributed by atoms with Crippen LogP contribution in [0.25, 0.3) is 0 Å². The average molecular weight is 228 g/mol. The number of aliphatic hydroxyl groups is 1. The van der Waals surface area contributed by atoms with Crippen molar-refractivity contribution < 1.29 is 9.90 Å². The van der Waals surface area contributed by atoms with Crippen LogP contribution in [0.1, 0.15) is 12.8 Å². The van der Waals surface area contributed by atoms with E-state index in [-0.39, 0.29) is 18.6 Å². The highest BCUT2D eigenvalue weighted by Gasteiger charge is 2.23. The number of aliphatic imine (C=N–C) groups is 1. The Morgan fingerprint density at radius 2 is 2.44 bits per heavy atom. The summed E-state index contributed by atoms with van der Waals surface area (Å²) in [6.07, 6.45) is 1.40. The van der Waals surface area contributed by atoms with Gasteiger partial charge in [-0.3, -0.25) is 9.79 Å². The van der Waals surface area contributed by atoms with Crippen molar-refractivity contribution in [1.82, 2.24) is 15.5 Å². The summed E-state index contributed by atoms with van der Waals surface area (Å²) in [6, 6.07) is 0.229. The number of guanidine groups is 1. The van der Waals surface area contributed by atoms with E-state index in [2.05, 4.69) is 15.6 Å². The monoisotopic (exact) mass is 228 g/mol. The van der Waals surface area contributed by atoms with E-state index >= 15 is 0 Å². The second-order valence-electron chi connectivity index (χ2n) is 3.88. The first-order chi connectivity index (χ1) is 7.67. The zero-order valence-electron chi connectivity index (χ0n) is 9.86. The molecule has 1 aliphatic rings. The van der Waals surface area contributed by atoms with Crippen molar-refractivity contribution in [3.63, 3.8) is 0 Å². The summed E-state index contributed by atoms with van der Waals surface area (Å²) in [5.41, 5.74) is 0. The molecule has 0 saturated carbocycles. The number of carbonyl (C=O) groups is 1. The van der Waals surface area contributed by atoms with Crippen molar-refractivity contribution in [1.29, 1.82) is 0 Å². The molecule has 16 heavy (non-hydrogen) atoms. The Hall–Kier alpha value is -1.30. The predicted octanol–water partition coefficient (Wildman–Crippen LogP) is -1.24. The third kappa shape index (κ3) is 3.69. The Kier molecular flexibility index (Phi) is 5.04. The standard InChI is InChI=1S/C10H20N4O2/c1-11-10(12-5-6-15)13-8-3-4-9(16)14(2)7-8/h8,15H,3-7H2,1-2H3,(H2,11,12,13). The lowest BCUT2D eigenvalue weighted by atomic mass is 10.1. The number of likely N-dealkylation sites (N-methyl/N-ethyl adjacent to an activating group) is 1. The maximum absolute atomic E-state index is 11.3. The van der Waals surface area contributed by atoms with Crippen LogP contribution in [0.2, 0.25) is 0 Å². The van der Waals surface area contributed by atoms with Crippen LogP contribution in [-0.2, 0) is 4.79 Å². The fraction of sp³-hybridized carbons (Fsp3) is 0.800. The molecule has 1 fully saturated rings. The predicted molar refractivity (Wildman–Crippen MR) is 62.2 cm³/mol. The smallest absolute Gasteiger partial charge is 0.222 e. The molecule has 0 bridgehead atoms. The van der Waals surface area contributed by atoms with Crippen molar-refractivity contribution in [2.45, 2.75) is 18.9 Å². The molecule has 6 nitrogen and oxygen atoms in total. The van der Waals surface area contributed by atoms with Gasteiger partial charge in [0.25, 0.3) is 0 Å². The first kappa shape index (κ1) is 12.8. The summed E-state index contributed by atoms with van der Waals surface area (Å²) in [5.74, 6) is 0.859. The van der Waals surface area contributed by atoms with E-state index in [0.29, 0.717) is 25.5 Å². The summed E-state index contributed by atoms with van der Waals surface area (Å²) in [4.78, 5) is 17.1. The molecule has 1 rings (SSSR count). The van der Waals surface area contributed by atoms with Crippen LogP contribution in [0.5, 0.6) is 0 Å². The van der Waals surface area contributed by atoms with Crippen molar-refractivity contribution in [2.24, 2.45) is 4.99 Å². The van der Waals surface area contributed by atoms with Gasteiger partial charge in [-0.1, -0.05) is 0 Å². The van der Waals surface area contributed by atoms with Gasteiger partial charge in [-0.25, -0.2) is 0 Å². The second-order valence-corrected chi connectivity index (χ2v) is 3.88. The minimum absolute atomic E-state index is 0.0732. The molecule has 0 spiro atoms. The van der Waals surface area contributed by atoms with Gasteiger partial charge in [0.2, 0.25) is 5.91 Å². The number of aliphatic hydroxyl groups excluding tert-OH is 1. The highest BCUT2D eigenvalue weighted by Crippen LogP contribution is 2.09. The van der Waals surface area contributed by atoms with Gasteiger partial charge in [0, 0.05) is 39.6 Å². The zero-order valence-corrected chi connectivity index (χ0v) is 9.86. The largest absolute Gasteiger partial charge is 0.395 e. The van der Waals surface area contributed by atoms with Gasteiger partial charge in [-0.15, -0.1) is 0 Å². The molecule has 1 aliphatic heterocycles. The van der Waals surface area contributed by atoms with E-state index in [4.69, 9.17) is 5.11 Å². The first-order valence-electron chi connectivity index (χ1n) is 5.49. The molecule has 3 N–H and O–H groups in total. The summed E-state index contributed by atoms with van der Waals surface area (Å²) < 4.78 is 0. The molecule has 0 aromatic heterocycles. The Labute approximate surface area is 95.7 Å². The van der Waals surface area contributed by atoms with Gasteiger partial charge < -0.3 is 20.6 Å². The molecule has 1 amide bonds. The quantitative estimate of drug-likeness (QED) is 0.417. The average Bonchev–Trinajstić information content (AvgIpc) is 2.29. The molecule has 1 unspecified atom stereocenters. The Morgan fingerprint density at radius 3 is 3.00 bits per heavy atom. The van der Waals surface area contributed by atoms with E-state index in [1.54, 1.807) is 19.0 Å². The maximum Gasteiger partial charge on any atom is 0.222 e. The molecule has 0 aromatic rings. The van der Waals surface area contributed by atoms with E-state index in [1.165, 1.54) is 0 Å². The molecule has 0 aromatic carbocycles. The van der Waals surface area contributed by atoms with E-state index in [0.717, 1.165) is 6.42 Å². The van der Waals surface area contributed by atoms with Crippen LogP contribution in [0, 0.1) is 0 Å². The lowest BCUT2D eigenvalue weighted by molar-refractivity contribution is -0.132. The second kappa shape index (κ2) is 6.32. The molecule has 0 radical (unpaired) electrons. The molecule has 1 atom stereocenters. The topological polar surface area (TPSA) is 77.0 Å². The van der Waals surface area contributed by atoms with Crippen molar-refractivity contribution in [3.8, 4) is 0 Å². The first-order valence-corrected chi connectivity index (χ1v) is 5.49. The molecule has 92 valence electrons. The minimum Gasteiger partial charge on any atom is -0.395 e. The highest BCUT2D eigenvalue weighted by molar-refractivity contribution is 5.81. The summed E-state index contributed by atoms with van der Waals surface area (Å²) in [6.45, 7) is 1.24. The van der Waals surface area contributed by atoms with Crippen LogP contribution >= 0.6 is 0 Å². The fourth-order valence-corrected chi connectivity index (χ4v) is 1.69. The van der Waals surface area contributed by atoms with E-state index < -0.39 is 0 Å². The van der Waals surface area contributed by atoms with Crippen LogP contribution in [0.4, 0.5) is 0 Å². The van der Waals surface area contributed by atoms with E-state index in [1.807, 2.05) is 0 Å². The number of likely N-dealkylation sites (tertiary alicyclic amines) is 1. The SMILES string of the molecule is CN=C(NCCO)NC1CCC(=O)N(C)C1. The van der Waals surface area contributed by atoms with Crippen LogP contribution in [-0.4, -0.2) is 61.7 Å². The maximum atomic E-state index is 11.3. The number of carbonyl (C=O) groups excluding carboxylic acids is 1. The molecular formula is C10H20N4O2. The fourth-order valence-electron chi connectivity index (χ4n) is 1.69. The van der Waals surface area contributed by atoms with Gasteiger partial charge in [0.15, 0.2) is 5.96 Å². The highest BCUT2D eigenvalue weighted by atomic mass is 16.3. The molecule has 6 heteroatoms. The molecular weight excluding hydrogens is 208 g/mol. The van der Waals surface area contributed by atoms with Gasteiger partial charge >= 0.3 is 0 Å². The molecule has 1 heterocycles. The number of nitrogens with one attached hydrogen (secondary N) is 2. The number of nitrogens with zero attached hydrogens (tertiary/aromatic N) is 2. The normalized spacial score (nSPS) is 22.2. The number of rotatable bonds is 3. The lowest BCUT2D eigenvalue weighted by Crippen LogP contribution is -2.52. The van der Waals surface area contributed by atoms with E-state index in [9.17, 15) is 4.79 Å². The van der Waals surface area contributed by atoms with Gasteiger partial charge in [0.1, 0.15) is 0 Å². The number of hydrogen-bond acceptors (Lipinski definition) is 3. The van der Waals surface area contributed by atoms with Crippen LogP contribution in [0.3, 0.4) is 0 Å². The Bertz CT molecular complexity index is 268. The summed E-state index contributed by atoms with van der Waals surface area (Å²) in [7, 11) is 3.49. The third-order valence-electron chi connectivity index (χ3n) is 2.60. The van der Waals surface area contributed by atoms with Crippen LogP contribution in [0.15, 0.2) is 4.99 Å². The number of amides is 1. The number of piperidine rings is 1. The van der Waals surface area contributed by atoms with Crippen LogP contribution < -0.4 is 10.6 Å². The Morgan fingerprint density at radius 1 is 1.69 bits per heavy atom. The van der Waals surface area contributed by atoms with Gasteiger partial charge in [-0.05, 0) is 6.42 Å². The molecule has 1 saturated heterocycles. The van der Waals surface area contributed by atoms with Crippen molar-refractivity contribution in [3.05, 3.63) is 0 Å². The summed E-state index contributed by atoms with van der Waals surface area (Å²) >= 11 is 0. The van der Waals surface area contributed by atoms with Crippen molar-refractivity contribution in [2.75, 3.05) is 33.8 Å². The Balaban J connectivity index is 2.38.